The van der Waals surface area contributed by atoms with Crippen LogP contribution >= 0.6 is 0 Å². The molecule has 2 aromatic carbocycles. The Morgan fingerprint density at radius 3 is 2.62 bits per heavy atom. The summed E-state index contributed by atoms with van der Waals surface area (Å²) in [6.45, 7) is 1.98. The molecule has 1 unspecified atom stereocenters. The molecule has 108 valence electrons. The molecule has 21 heavy (non-hydrogen) atoms. The Morgan fingerprint density at radius 2 is 1.90 bits per heavy atom. The minimum absolute atomic E-state index is 0.104. The van der Waals surface area contributed by atoms with E-state index in [4.69, 9.17) is 4.74 Å². The third-order valence-corrected chi connectivity index (χ3v) is 4.42. The topological polar surface area (TPSA) is 26.3 Å². The Bertz CT molecular complexity index is 673. The highest BCUT2D eigenvalue weighted by Crippen LogP contribution is 2.29. The van der Waals surface area contributed by atoms with Crippen molar-refractivity contribution in [3.63, 3.8) is 0 Å². The summed E-state index contributed by atoms with van der Waals surface area (Å²) in [5.41, 5.74) is 4.56. The second kappa shape index (κ2) is 5.72. The number of ether oxygens (including phenoxy) is 1. The zero-order chi connectivity index (χ0) is 14.8. The lowest BCUT2D eigenvalue weighted by Gasteiger charge is -2.24. The summed E-state index contributed by atoms with van der Waals surface area (Å²) in [5.74, 6) is 1.18. The molecule has 0 N–H and O–H groups in total. The fourth-order valence-electron chi connectivity index (χ4n) is 3.18. The van der Waals surface area contributed by atoms with Gasteiger partial charge in [-0.15, -0.1) is 0 Å². The first-order chi connectivity index (χ1) is 10.2. The van der Waals surface area contributed by atoms with Gasteiger partial charge in [-0.05, 0) is 61.1 Å². The first-order valence-electron chi connectivity index (χ1n) is 7.44. The molecule has 2 nitrogen and oxygen atoms in total. The van der Waals surface area contributed by atoms with Gasteiger partial charge in [0.1, 0.15) is 5.75 Å². The number of carbonyl (C=O) groups excluding carboxylic acids is 1. The number of carbonyl (C=O) groups is 1. The number of rotatable bonds is 3. The SMILES string of the molecule is COc1ccc(C(=O)C2CCc3ccccc3C2)c(C)c1. The lowest BCUT2D eigenvalue weighted by Crippen LogP contribution is -2.23. The molecule has 0 saturated carbocycles. The second-order valence-corrected chi connectivity index (χ2v) is 5.75. The molecule has 0 radical (unpaired) electrons. The summed E-state index contributed by atoms with van der Waals surface area (Å²) < 4.78 is 5.21. The molecule has 0 bridgehead atoms. The molecule has 3 rings (SSSR count). The second-order valence-electron chi connectivity index (χ2n) is 5.75. The number of aryl methyl sites for hydroxylation is 2. The van der Waals surface area contributed by atoms with Gasteiger partial charge in [0.25, 0.3) is 0 Å². The van der Waals surface area contributed by atoms with Gasteiger partial charge in [0.2, 0.25) is 0 Å². The van der Waals surface area contributed by atoms with Crippen LogP contribution in [0.3, 0.4) is 0 Å². The van der Waals surface area contributed by atoms with E-state index < -0.39 is 0 Å². The number of methoxy groups -OCH3 is 1. The molecule has 0 aliphatic heterocycles. The Morgan fingerprint density at radius 1 is 1.14 bits per heavy atom. The van der Waals surface area contributed by atoms with E-state index in [-0.39, 0.29) is 11.7 Å². The number of hydrogen-bond donors (Lipinski definition) is 0. The van der Waals surface area contributed by atoms with Gasteiger partial charge in [-0.1, -0.05) is 24.3 Å². The molecule has 0 spiro atoms. The molecule has 0 fully saturated rings. The fraction of sp³-hybridized carbons (Fsp3) is 0.316. The summed E-state index contributed by atoms with van der Waals surface area (Å²) in [6, 6.07) is 14.2. The standard InChI is InChI=1S/C19H20O2/c1-13-11-17(21-2)9-10-18(13)19(20)16-8-7-14-5-3-4-6-15(14)12-16/h3-6,9-11,16H,7-8,12H2,1-2H3. The molecule has 0 aromatic heterocycles. The maximum absolute atomic E-state index is 12.8. The number of ketones is 1. The van der Waals surface area contributed by atoms with Crippen LogP contribution in [0.5, 0.6) is 5.75 Å². The van der Waals surface area contributed by atoms with Crippen molar-refractivity contribution in [1.82, 2.24) is 0 Å². The summed E-state index contributed by atoms with van der Waals surface area (Å²) in [6.07, 6.45) is 2.81. The van der Waals surface area contributed by atoms with Gasteiger partial charge in [0.15, 0.2) is 5.78 Å². The summed E-state index contributed by atoms with van der Waals surface area (Å²) in [4.78, 5) is 12.8. The van der Waals surface area contributed by atoms with Crippen LogP contribution in [-0.2, 0) is 12.8 Å². The Hall–Kier alpha value is -2.09. The van der Waals surface area contributed by atoms with Crippen molar-refractivity contribution in [2.45, 2.75) is 26.2 Å². The van der Waals surface area contributed by atoms with E-state index in [1.807, 2.05) is 25.1 Å². The van der Waals surface area contributed by atoms with Crippen LogP contribution in [0.25, 0.3) is 0 Å². The first kappa shape index (κ1) is 13.9. The van der Waals surface area contributed by atoms with Crippen LogP contribution in [0.2, 0.25) is 0 Å². The number of benzene rings is 2. The minimum atomic E-state index is 0.104. The van der Waals surface area contributed by atoms with Crippen LogP contribution in [-0.4, -0.2) is 12.9 Å². The predicted octanol–water partition coefficient (Wildman–Crippen LogP) is 3.99. The van der Waals surface area contributed by atoms with E-state index in [0.717, 1.165) is 36.1 Å². The van der Waals surface area contributed by atoms with Gasteiger partial charge in [0, 0.05) is 11.5 Å². The predicted molar refractivity (Wildman–Crippen MR) is 84.0 cm³/mol. The molecule has 1 atom stereocenters. The van der Waals surface area contributed by atoms with Gasteiger partial charge in [-0.25, -0.2) is 0 Å². The van der Waals surface area contributed by atoms with Crippen LogP contribution in [0.4, 0.5) is 0 Å². The Kier molecular flexibility index (Phi) is 3.78. The van der Waals surface area contributed by atoms with Crippen LogP contribution in [0.1, 0.15) is 33.5 Å². The lowest BCUT2D eigenvalue weighted by atomic mass is 9.79. The van der Waals surface area contributed by atoms with E-state index in [9.17, 15) is 4.79 Å². The van der Waals surface area contributed by atoms with Gasteiger partial charge in [-0.3, -0.25) is 4.79 Å². The third-order valence-electron chi connectivity index (χ3n) is 4.42. The van der Waals surface area contributed by atoms with Gasteiger partial charge < -0.3 is 4.74 Å². The van der Waals surface area contributed by atoms with Crippen molar-refractivity contribution in [3.8, 4) is 5.75 Å². The van der Waals surface area contributed by atoms with Crippen LogP contribution < -0.4 is 4.74 Å². The van der Waals surface area contributed by atoms with Crippen molar-refractivity contribution >= 4 is 5.78 Å². The smallest absolute Gasteiger partial charge is 0.166 e. The molecule has 0 heterocycles. The molecule has 2 aromatic rings. The van der Waals surface area contributed by atoms with E-state index >= 15 is 0 Å². The summed E-state index contributed by atoms with van der Waals surface area (Å²) >= 11 is 0. The summed E-state index contributed by atoms with van der Waals surface area (Å²) in [5, 5.41) is 0. The normalized spacial score (nSPS) is 17.1. The molecular weight excluding hydrogens is 260 g/mol. The highest BCUT2D eigenvalue weighted by Gasteiger charge is 2.26. The quantitative estimate of drug-likeness (QED) is 0.795. The van der Waals surface area contributed by atoms with E-state index in [2.05, 4.69) is 24.3 Å². The number of hydrogen-bond acceptors (Lipinski definition) is 2. The zero-order valence-corrected chi connectivity index (χ0v) is 12.6. The average molecular weight is 280 g/mol. The zero-order valence-electron chi connectivity index (χ0n) is 12.6. The molecular formula is C19H20O2. The highest BCUT2D eigenvalue weighted by molar-refractivity contribution is 5.99. The molecule has 1 aliphatic carbocycles. The molecule has 2 heteroatoms. The Labute approximate surface area is 125 Å². The van der Waals surface area contributed by atoms with Gasteiger partial charge >= 0.3 is 0 Å². The van der Waals surface area contributed by atoms with Crippen molar-refractivity contribution in [3.05, 3.63) is 64.7 Å². The molecule has 1 aliphatic rings. The van der Waals surface area contributed by atoms with Crippen molar-refractivity contribution in [2.24, 2.45) is 5.92 Å². The molecule has 0 saturated heterocycles. The summed E-state index contributed by atoms with van der Waals surface area (Å²) in [7, 11) is 1.65. The monoisotopic (exact) mass is 280 g/mol. The number of fused-ring (bicyclic) bond motifs is 1. The minimum Gasteiger partial charge on any atom is -0.497 e. The maximum atomic E-state index is 12.8. The first-order valence-corrected chi connectivity index (χ1v) is 7.44. The van der Waals surface area contributed by atoms with E-state index in [1.165, 1.54) is 11.1 Å². The lowest BCUT2D eigenvalue weighted by molar-refractivity contribution is 0.0908. The molecule has 0 amide bonds. The highest BCUT2D eigenvalue weighted by atomic mass is 16.5. The number of Topliss-reactive ketones (excluding diaryl/α,β-unsaturated/α-hetero) is 1. The van der Waals surface area contributed by atoms with Crippen LogP contribution in [0, 0.1) is 12.8 Å². The van der Waals surface area contributed by atoms with Crippen molar-refractivity contribution < 1.29 is 9.53 Å². The largest absolute Gasteiger partial charge is 0.497 e. The van der Waals surface area contributed by atoms with Crippen molar-refractivity contribution in [2.75, 3.05) is 7.11 Å². The Balaban J connectivity index is 1.84. The van der Waals surface area contributed by atoms with Crippen molar-refractivity contribution in [1.29, 1.82) is 0 Å². The van der Waals surface area contributed by atoms with E-state index in [0.29, 0.717) is 0 Å². The average Bonchev–Trinajstić information content (AvgIpc) is 2.53. The fourth-order valence-corrected chi connectivity index (χ4v) is 3.18. The third kappa shape index (κ3) is 2.71. The maximum Gasteiger partial charge on any atom is 0.166 e. The van der Waals surface area contributed by atoms with Crippen LogP contribution in [0.15, 0.2) is 42.5 Å². The van der Waals surface area contributed by atoms with Gasteiger partial charge in [0.05, 0.1) is 7.11 Å². The van der Waals surface area contributed by atoms with E-state index in [1.54, 1.807) is 7.11 Å². The van der Waals surface area contributed by atoms with Gasteiger partial charge in [-0.2, -0.15) is 0 Å².